The van der Waals surface area contributed by atoms with Gasteiger partial charge in [-0.3, -0.25) is 4.68 Å². The number of rotatable bonds is 4. The molecule has 0 radical (unpaired) electrons. The number of nitrogens with one attached hydrogen (secondary N) is 2. The molecule has 6 heteroatoms. The molecule has 0 atom stereocenters. The molecule has 2 N–H and O–H groups in total. The fourth-order valence-electron chi connectivity index (χ4n) is 6.49. The van der Waals surface area contributed by atoms with E-state index in [9.17, 15) is 4.79 Å². The maximum Gasteiger partial charge on any atom is 0.319 e. The molecule has 4 saturated carbocycles. The molecule has 5 nitrogen and oxygen atoms in total. The van der Waals surface area contributed by atoms with Gasteiger partial charge in [0.2, 0.25) is 0 Å². The average molecular weight is 413 g/mol. The third-order valence-electron chi connectivity index (χ3n) is 7.26. The fourth-order valence-corrected chi connectivity index (χ4v) is 6.70. The molecule has 2 aromatic rings. The third-order valence-corrected chi connectivity index (χ3v) is 7.49. The second-order valence-corrected chi connectivity index (χ2v) is 10.0. The van der Waals surface area contributed by atoms with Gasteiger partial charge in [0.1, 0.15) is 0 Å². The molecular weight excluding hydrogens is 384 g/mol. The topological polar surface area (TPSA) is 59.0 Å². The largest absolute Gasteiger partial charge is 0.332 e. The van der Waals surface area contributed by atoms with Crippen LogP contribution in [0.5, 0.6) is 0 Å². The Balaban J connectivity index is 1.29. The summed E-state index contributed by atoms with van der Waals surface area (Å²) in [4.78, 5) is 12.9. The van der Waals surface area contributed by atoms with Gasteiger partial charge >= 0.3 is 6.03 Å². The van der Waals surface area contributed by atoms with Crippen LogP contribution in [0.25, 0.3) is 0 Å². The first kappa shape index (κ1) is 19.0. The smallest absolute Gasteiger partial charge is 0.319 e. The Labute approximate surface area is 177 Å². The van der Waals surface area contributed by atoms with Crippen LogP contribution in [-0.2, 0) is 6.54 Å². The lowest BCUT2D eigenvalue weighted by molar-refractivity contribution is -0.0127. The van der Waals surface area contributed by atoms with Crippen LogP contribution in [0.2, 0.25) is 5.02 Å². The fraction of sp³-hybridized carbons (Fsp3) is 0.565. The highest BCUT2D eigenvalue weighted by Gasteiger charge is 2.51. The Morgan fingerprint density at radius 2 is 1.83 bits per heavy atom. The number of halogens is 1. The van der Waals surface area contributed by atoms with Crippen LogP contribution in [-0.4, -0.2) is 21.4 Å². The summed E-state index contributed by atoms with van der Waals surface area (Å²) in [5.41, 5.74) is 3.72. The van der Waals surface area contributed by atoms with E-state index in [0.717, 1.165) is 64.7 Å². The lowest BCUT2D eigenvalue weighted by atomic mass is 9.53. The number of nitrogens with zero attached hydrogens (tertiary/aromatic N) is 2. The van der Waals surface area contributed by atoms with Crippen molar-refractivity contribution in [3.8, 4) is 0 Å². The molecule has 154 valence electrons. The summed E-state index contributed by atoms with van der Waals surface area (Å²) in [6, 6.07) is 7.72. The summed E-state index contributed by atoms with van der Waals surface area (Å²) in [5, 5.41) is 11.9. The highest BCUT2D eigenvalue weighted by atomic mass is 35.5. The van der Waals surface area contributed by atoms with Crippen LogP contribution in [0.1, 0.15) is 55.5 Å². The number of amides is 2. The van der Waals surface area contributed by atoms with Crippen molar-refractivity contribution >= 4 is 23.3 Å². The van der Waals surface area contributed by atoms with Gasteiger partial charge in [-0.25, -0.2) is 4.79 Å². The van der Waals surface area contributed by atoms with E-state index in [0.29, 0.717) is 6.54 Å². The van der Waals surface area contributed by atoms with Gasteiger partial charge in [0.15, 0.2) is 0 Å². The highest BCUT2D eigenvalue weighted by molar-refractivity contribution is 6.30. The summed E-state index contributed by atoms with van der Waals surface area (Å²) in [7, 11) is 0. The van der Waals surface area contributed by atoms with E-state index < -0.39 is 0 Å². The van der Waals surface area contributed by atoms with E-state index in [1.54, 1.807) is 0 Å². The second-order valence-electron chi connectivity index (χ2n) is 9.61. The molecule has 2 amide bonds. The van der Waals surface area contributed by atoms with Gasteiger partial charge in [-0.15, -0.1) is 0 Å². The van der Waals surface area contributed by atoms with Crippen molar-refractivity contribution in [3.63, 3.8) is 0 Å². The lowest BCUT2D eigenvalue weighted by Crippen LogP contribution is -2.60. The molecule has 1 heterocycles. The molecule has 0 spiro atoms. The van der Waals surface area contributed by atoms with Gasteiger partial charge in [-0.1, -0.05) is 23.7 Å². The van der Waals surface area contributed by atoms with Crippen molar-refractivity contribution in [1.82, 2.24) is 15.1 Å². The Kier molecular flexibility index (Phi) is 4.61. The standard InChI is InChI=1S/C23H29ClN4O/c1-14-21(15(2)28(27-14)13-16-4-3-5-20(24)9-16)25-22(29)26-23-10-17-6-18(11-23)8-19(7-17)12-23/h3-5,9,17-19H,6-8,10-13H2,1-2H3,(H2,25,26,29). The Morgan fingerprint density at radius 3 is 2.45 bits per heavy atom. The maximum absolute atomic E-state index is 12.9. The quantitative estimate of drug-likeness (QED) is 0.716. The van der Waals surface area contributed by atoms with Crippen LogP contribution >= 0.6 is 11.6 Å². The first-order chi connectivity index (χ1) is 13.9. The van der Waals surface area contributed by atoms with E-state index in [1.807, 2.05) is 42.8 Å². The van der Waals surface area contributed by atoms with Crippen LogP contribution in [0, 0.1) is 31.6 Å². The summed E-state index contributed by atoms with van der Waals surface area (Å²) in [5.74, 6) is 2.43. The number of anilines is 1. The van der Waals surface area contributed by atoms with Gasteiger partial charge in [0.05, 0.1) is 23.6 Å². The van der Waals surface area contributed by atoms with Gasteiger partial charge in [-0.2, -0.15) is 5.10 Å². The number of benzene rings is 1. The molecular formula is C23H29ClN4O. The van der Waals surface area contributed by atoms with Crippen LogP contribution in [0.3, 0.4) is 0 Å². The molecule has 4 aliphatic carbocycles. The number of aryl methyl sites for hydroxylation is 1. The number of hydrogen-bond acceptors (Lipinski definition) is 2. The van der Waals surface area contributed by atoms with E-state index in [4.69, 9.17) is 11.6 Å². The molecule has 0 unspecified atom stereocenters. The molecule has 0 aliphatic heterocycles. The van der Waals surface area contributed by atoms with Crippen molar-refractivity contribution in [3.05, 3.63) is 46.2 Å². The summed E-state index contributed by atoms with van der Waals surface area (Å²) < 4.78 is 1.93. The molecule has 4 aliphatic rings. The predicted octanol–water partition coefficient (Wildman–Crippen LogP) is 5.29. The minimum absolute atomic E-state index is 0.0113. The number of carbonyl (C=O) groups is 1. The number of aromatic nitrogens is 2. The molecule has 1 aromatic heterocycles. The summed E-state index contributed by atoms with van der Waals surface area (Å²) >= 11 is 6.11. The Bertz CT molecular complexity index is 915. The molecule has 0 saturated heterocycles. The van der Waals surface area contributed by atoms with Crippen LogP contribution in [0.15, 0.2) is 24.3 Å². The molecule has 6 rings (SSSR count). The zero-order chi connectivity index (χ0) is 20.2. The van der Waals surface area contributed by atoms with Crippen molar-refractivity contribution in [2.45, 2.75) is 64.5 Å². The summed E-state index contributed by atoms with van der Waals surface area (Å²) in [6.07, 6.45) is 7.57. The van der Waals surface area contributed by atoms with Crippen molar-refractivity contribution < 1.29 is 4.79 Å². The Hall–Kier alpha value is -2.01. The van der Waals surface area contributed by atoms with Crippen molar-refractivity contribution in [2.24, 2.45) is 17.8 Å². The SMILES string of the molecule is Cc1nn(Cc2cccc(Cl)c2)c(C)c1NC(=O)NC12CC3CC(CC(C3)C1)C2. The van der Waals surface area contributed by atoms with Gasteiger partial charge < -0.3 is 10.6 Å². The van der Waals surface area contributed by atoms with E-state index >= 15 is 0 Å². The number of carbonyl (C=O) groups excluding carboxylic acids is 1. The second kappa shape index (κ2) is 7.05. The molecule has 4 bridgehead atoms. The van der Waals surface area contributed by atoms with Gasteiger partial charge in [0.25, 0.3) is 0 Å². The molecule has 1 aromatic carbocycles. The minimum Gasteiger partial charge on any atom is -0.332 e. The van der Waals surface area contributed by atoms with Gasteiger partial charge in [0, 0.05) is 10.6 Å². The highest BCUT2D eigenvalue weighted by Crippen LogP contribution is 2.55. The van der Waals surface area contributed by atoms with Crippen LogP contribution < -0.4 is 10.6 Å². The monoisotopic (exact) mass is 412 g/mol. The van der Waals surface area contributed by atoms with E-state index in [1.165, 1.54) is 19.3 Å². The third kappa shape index (κ3) is 3.65. The van der Waals surface area contributed by atoms with E-state index in [2.05, 4.69) is 15.7 Å². The lowest BCUT2D eigenvalue weighted by Gasteiger charge is -2.56. The zero-order valence-electron chi connectivity index (χ0n) is 17.2. The molecule has 4 fully saturated rings. The normalized spacial score (nSPS) is 29.8. The van der Waals surface area contributed by atoms with Crippen molar-refractivity contribution in [2.75, 3.05) is 5.32 Å². The predicted molar refractivity (Wildman–Crippen MR) is 115 cm³/mol. The summed E-state index contributed by atoms with van der Waals surface area (Å²) in [6.45, 7) is 4.58. The number of hydrogen-bond donors (Lipinski definition) is 2. The first-order valence-electron chi connectivity index (χ1n) is 10.8. The Morgan fingerprint density at radius 1 is 1.17 bits per heavy atom. The average Bonchev–Trinajstić information content (AvgIpc) is 2.87. The van der Waals surface area contributed by atoms with Crippen LogP contribution in [0.4, 0.5) is 10.5 Å². The molecule has 29 heavy (non-hydrogen) atoms. The minimum atomic E-state index is -0.0829. The maximum atomic E-state index is 12.9. The first-order valence-corrected chi connectivity index (χ1v) is 11.1. The van der Waals surface area contributed by atoms with Crippen molar-refractivity contribution in [1.29, 1.82) is 0 Å². The van der Waals surface area contributed by atoms with E-state index in [-0.39, 0.29) is 11.6 Å². The zero-order valence-corrected chi connectivity index (χ0v) is 17.9. The van der Waals surface area contributed by atoms with Gasteiger partial charge in [-0.05, 0) is 87.8 Å². The number of urea groups is 1.